The van der Waals surface area contributed by atoms with Crippen molar-refractivity contribution in [3.8, 4) is 11.1 Å². The number of fused-ring (bicyclic) bond motifs is 5. The van der Waals surface area contributed by atoms with E-state index in [0.717, 1.165) is 22.3 Å². The molecule has 1 aliphatic carbocycles. The lowest BCUT2D eigenvalue weighted by atomic mass is 9.98. The lowest BCUT2D eigenvalue weighted by Crippen LogP contribution is -2.46. The number of pyridine rings is 1. The Hall–Kier alpha value is -5.43. The lowest BCUT2D eigenvalue weighted by molar-refractivity contribution is -0.152. The van der Waals surface area contributed by atoms with E-state index in [0.29, 0.717) is 30.7 Å². The van der Waals surface area contributed by atoms with Crippen LogP contribution in [-0.2, 0) is 30.4 Å². The first-order valence-corrected chi connectivity index (χ1v) is 18.0. The number of hydrogen-bond donors (Lipinski definition) is 5. The summed E-state index contributed by atoms with van der Waals surface area (Å²) in [6.45, 7) is 2.08. The van der Waals surface area contributed by atoms with Gasteiger partial charge < -0.3 is 30.7 Å². The van der Waals surface area contributed by atoms with Gasteiger partial charge in [0.25, 0.3) is 11.8 Å². The van der Waals surface area contributed by atoms with Crippen LogP contribution in [0, 0.1) is 0 Å². The number of cyclic esters (lactones) is 1. The number of hydrogen-bond acceptors (Lipinski definition) is 9. The number of carbonyl (C=O) groups excluding carboxylic acids is 5. The van der Waals surface area contributed by atoms with Crippen LogP contribution < -0.4 is 21.3 Å². The van der Waals surface area contributed by atoms with Crippen molar-refractivity contribution in [2.75, 3.05) is 18.9 Å². The Kier molecular flexibility index (Phi) is 13.6. The summed E-state index contributed by atoms with van der Waals surface area (Å²) in [5.74, 6) is -1.96. The number of alkyl carbamates (subject to hydrolysis) is 1. The fourth-order valence-corrected chi connectivity index (χ4v) is 6.25. The highest BCUT2D eigenvalue weighted by Crippen LogP contribution is 2.44. The van der Waals surface area contributed by atoms with Crippen LogP contribution >= 0.6 is 12.6 Å². The number of nitrogens with zero attached hydrogens (tertiary/aromatic N) is 1. The van der Waals surface area contributed by atoms with Gasteiger partial charge in [-0.2, -0.15) is 12.6 Å². The Morgan fingerprint density at radius 1 is 0.981 bits per heavy atom. The fraction of sp³-hybridized carbons (Fsp3) is 0.333. The molecule has 272 valence electrons. The molecule has 1 aromatic heterocycles. The maximum Gasteiger partial charge on any atom is 0.407 e. The van der Waals surface area contributed by atoms with Gasteiger partial charge in [-0.05, 0) is 78.8 Å². The summed E-state index contributed by atoms with van der Waals surface area (Å²) in [4.78, 5) is 69.6. The third kappa shape index (κ3) is 10.1. The van der Waals surface area contributed by atoms with E-state index in [1.54, 1.807) is 31.2 Å². The summed E-state index contributed by atoms with van der Waals surface area (Å²) in [5.41, 5.74) is 4.93. The number of nitrogens with one attached hydrogen (secondary N) is 4. The molecule has 2 atom stereocenters. The number of rotatable bonds is 10. The zero-order valence-corrected chi connectivity index (χ0v) is 29.8. The second kappa shape index (κ2) is 18.7. The van der Waals surface area contributed by atoms with Crippen LogP contribution in [0.3, 0.4) is 0 Å². The van der Waals surface area contributed by atoms with Gasteiger partial charge in [0, 0.05) is 12.5 Å². The predicted octanol–water partition coefficient (Wildman–Crippen LogP) is 4.72. The molecule has 0 unspecified atom stereocenters. The van der Waals surface area contributed by atoms with Crippen LogP contribution in [0.1, 0.15) is 72.3 Å². The van der Waals surface area contributed by atoms with Crippen LogP contribution in [0.5, 0.6) is 0 Å². The Morgan fingerprint density at radius 2 is 1.71 bits per heavy atom. The van der Waals surface area contributed by atoms with Crippen molar-refractivity contribution >= 4 is 42.4 Å². The Morgan fingerprint density at radius 3 is 2.42 bits per heavy atom. The molecule has 4 N–H and O–H groups in total. The molecular weight excluding hydrogens is 683 g/mol. The van der Waals surface area contributed by atoms with Gasteiger partial charge in [-0.3, -0.25) is 14.4 Å². The number of aromatic nitrogens is 1. The maximum absolute atomic E-state index is 13.5. The molecule has 5 rings (SSSR count). The van der Waals surface area contributed by atoms with Gasteiger partial charge in [0.05, 0.1) is 18.7 Å². The molecule has 2 heterocycles. The zero-order valence-electron chi connectivity index (χ0n) is 28.9. The first kappa shape index (κ1) is 37.8. The second-order valence-corrected chi connectivity index (χ2v) is 12.8. The SMILES string of the molecule is C/C=C1\NC(=O)c2cccc(n2)CNC(=O)C[C@@H](/C=C/CCS)OC(=O)[C@H](CCCCNC(=O)OCC2c3ccccc3-c3ccccc32)NC1=O. The molecule has 0 saturated carbocycles. The molecule has 0 saturated heterocycles. The summed E-state index contributed by atoms with van der Waals surface area (Å²) in [6.07, 6.45) is 4.83. The smallest absolute Gasteiger partial charge is 0.407 e. The minimum atomic E-state index is -1.12. The monoisotopic (exact) mass is 725 g/mol. The minimum Gasteiger partial charge on any atom is -0.456 e. The molecular formula is C39H43N5O7S. The van der Waals surface area contributed by atoms with E-state index in [-0.39, 0.29) is 49.8 Å². The largest absolute Gasteiger partial charge is 0.456 e. The summed E-state index contributed by atoms with van der Waals surface area (Å²) in [7, 11) is 0. The second-order valence-electron chi connectivity index (χ2n) is 12.3. The molecule has 2 aromatic carbocycles. The van der Waals surface area contributed by atoms with Crippen molar-refractivity contribution in [2.45, 2.75) is 63.6 Å². The highest BCUT2D eigenvalue weighted by atomic mass is 32.1. The molecule has 1 aliphatic heterocycles. The Bertz CT molecular complexity index is 1800. The van der Waals surface area contributed by atoms with Gasteiger partial charge in [0.1, 0.15) is 30.1 Å². The van der Waals surface area contributed by atoms with Crippen LogP contribution in [0.15, 0.2) is 90.7 Å². The topological polar surface area (TPSA) is 165 Å². The first-order chi connectivity index (χ1) is 25.3. The number of thiol groups is 1. The molecule has 2 bridgehead atoms. The summed E-state index contributed by atoms with van der Waals surface area (Å²) in [5, 5.41) is 10.8. The van der Waals surface area contributed by atoms with Crippen LogP contribution in [0.25, 0.3) is 11.1 Å². The van der Waals surface area contributed by atoms with Crippen molar-refractivity contribution in [3.05, 3.63) is 113 Å². The Balaban J connectivity index is 1.20. The average molecular weight is 726 g/mol. The van der Waals surface area contributed by atoms with E-state index >= 15 is 0 Å². The summed E-state index contributed by atoms with van der Waals surface area (Å²) >= 11 is 4.21. The van der Waals surface area contributed by atoms with E-state index in [1.807, 2.05) is 24.3 Å². The van der Waals surface area contributed by atoms with E-state index in [2.05, 4.69) is 63.1 Å². The summed E-state index contributed by atoms with van der Waals surface area (Å²) < 4.78 is 11.4. The number of esters is 1. The average Bonchev–Trinajstić information content (AvgIpc) is 3.47. The predicted molar refractivity (Wildman–Crippen MR) is 198 cm³/mol. The number of allylic oxidation sites excluding steroid dienone is 2. The van der Waals surface area contributed by atoms with Gasteiger partial charge in [0.2, 0.25) is 5.91 Å². The molecule has 4 amide bonds. The van der Waals surface area contributed by atoms with E-state index in [4.69, 9.17) is 9.47 Å². The van der Waals surface area contributed by atoms with E-state index in [1.165, 1.54) is 12.1 Å². The van der Waals surface area contributed by atoms with Crippen LogP contribution in [0.4, 0.5) is 4.79 Å². The van der Waals surface area contributed by atoms with Crippen LogP contribution in [-0.4, -0.2) is 65.8 Å². The zero-order chi connectivity index (χ0) is 36.9. The van der Waals surface area contributed by atoms with Crippen molar-refractivity contribution in [2.24, 2.45) is 0 Å². The van der Waals surface area contributed by atoms with E-state index in [9.17, 15) is 24.0 Å². The highest BCUT2D eigenvalue weighted by molar-refractivity contribution is 7.80. The number of ether oxygens (including phenoxy) is 2. The van der Waals surface area contributed by atoms with Crippen LogP contribution in [0.2, 0.25) is 0 Å². The van der Waals surface area contributed by atoms with Crippen molar-refractivity contribution in [3.63, 3.8) is 0 Å². The number of amides is 4. The maximum atomic E-state index is 13.5. The lowest BCUT2D eigenvalue weighted by Gasteiger charge is -2.22. The molecule has 0 radical (unpaired) electrons. The summed E-state index contributed by atoms with van der Waals surface area (Å²) in [6, 6.07) is 19.9. The third-order valence-electron chi connectivity index (χ3n) is 8.71. The normalized spacial score (nSPS) is 18.9. The van der Waals surface area contributed by atoms with E-state index < -0.39 is 41.9 Å². The number of carbonyl (C=O) groups is 5. The fourth-order valence-electron chi connectivity index (χ4n) is 6.10. The standard InChI is InChI=1S/C39H43N5O7S/c1-2-32-36(46)44-34(18-7-9-20-40-39(49)50-24-31-29-16-5-3-14-27(29)28-15-4-6-17-30(28)31)38(48)51-26(13-8-10-21-52)22-35(45)41-23-25-12-11-19-33(42-25)37(47)43-32/h2-6,8,11-17,19,26,31,34,52H,7,9-10,18,20-24H2,1H3,(H,40,49)(H,41,45)(H,43,47)(H,44,46)/b13-8+,32-2-/t26-,34+/m1/s1. The molecule has 3 aromatic rings. The number of benzene rings is 2. The highest BCUT2D eigenvalue weighted by Gasteiger charge is 2.30. The van der Waals surface area contributed by atoms with Gasteiger partial charge in [-0.25, -0.2) is 14.6 Å². The number of unbranched alkanes of at least 4 members (excludes halogenated alkanes) is 1. The third-order valence-corrected chi connectivity index (χ3v) is 8.97. The van der Waals surface area contributed by atoms with Gasteiger partial charge in [-0.1, -0.05) is 66.7 Å². The quantitative estimate of drug-likeness (QED) is 0.0659. The molecule has 0 fully saturated rings. The van der Waals surface area contributed by atoms with Crippen molar-refractivity contribution in [1.82, 2.24) is 26.3 Å². The first-order valence-electron chi connectivity index (χ1n) is 17.4. The molecule has 52 heavy (non-hydrogen) atoms. The van der Waals surface area contributed by atoms with Crippen molar-refractivity contribution in [1.29, 1.82) is 0 Å². The Labute approximate surface area is 308 Å². The molecule has 12 nitrogen and oxygen atoms in total. The molecule has 13 heteroatoms. The minimum absolute atomic E-state index is 0.0463. The van der Waals surface area contributed by atoms with Crippen molar-refractivity contribution < 1.29 is 33.4 Å². The van der Waals surface area contributed by atoms with Gasteiger partial charge in [-0.15, -0.1) is 0 Å². The van der Waals surface area contributed by atoms with Gasteiger partial charge in [0.15, 0.2) is 0 Å². The molecule has 2 aliphatic rings. The van der Waals surface area contributed by atoms with Gasteiger partial charge >= 0.3 is 12.1 Å². The molecule has 0 spiro atoms.